The third-order valence-electron chi connectivity index (χ3n) is 2.80. The Hall–Kier alpha value is -2.16. The van der Waals surface area contributed by atoms with Crippen LogP contribution in [0.2, 0.25) is 0 Å². The van der Waals surface area contributed by atoms with Crippen LogP contribution in [0.5, 0.6) is 0 Å². The standard InChI is InChI=1S/C13H11N2O/c1-10-7-14-8-12-5-3-2-4-11(12)6-13(14)9-15(10)16/h2-9H,1H3/q+1. The van der Waals surface area contributed by atoms with Gasteiger partial charge in [0.05, 0.1) is 10.6 Å². The minimum absolute atomic E-state index is 0.688. The first-order valence-electron chi connectivity index (χ1n) is 5.18. The molecule has 2 heterocycles. The Labute approximate surface area is 92.2 Å². The van der Waals surface area contributed by atoms with E-state index in [0.717, 1.165) is 15.3 Å². The van der Waals surface area contributed by atoms with Crippen molar-refractivity contribution in [2.45, 2.75) is 6.92 Å². The van der Waals surface area contributed by atoms with Gasteiger partial charge in [0.2, 0.25) is 0 Å². The smallest absolute Gasteiger partial charge is 0.253 e. The van der Waals surface area contributed by atoms with Gasteiger partial charge in [0.1, 0.15) is 5.52 Å². The van der Waals surface area contributed by atoms with Crippen molar-refractivity contribution in [3.63, 3.8) is 0 Å². The first-order chi connectivity index (χ1) is 7.74. The number of hydrogen-bond acceptors (Lipinski definition) is 1. The van der Waals surface area contributed by atoms with Crippen LogP contribution in [-0.4, -0.2) is 4.40 Å². The summed E-state index contributed by atoms with van der Waals surface area (Å²) in [6.45, 7) is 1.80. The Morgan fingerprint density at radius 2 is 1.88 bits per heavy atom. The second-order valence-corrected chi connectivity index (χ2v) is 3.96. The molecule has 16 heavy (non-hydrogen) atoms. The lowest BCUT2D eigenvalue weighted by Crippen LogP contribution is -2.18. The topological polar surface area (TPSA) is 27.4 Å². The molecule has 78 valence electrons. The van der Waals surface area contributed by atoms with Crippen LogP contribution >= 0.6 is 0 Å². The molecule has 0 aliphatic rings. The number of benzene rings is 1. The minimum Gasteiger partial charge on any atom is -0.312 e. The number of rotatable bonds is 0. The highest BCUT2D eigenvalue weighted by atomic mass is 16.3. The van der Waals surface area contributed by atoms with Gasteiger partial charge in [0.25, 0.3) is 11.9 Å². The van der Waals surface area contributed by atoms with Crippen molar-refractivity contribution in [3.8, 4) is 0 Å². The summed E-state index contributed by atoms with van der Waals surface area (Å²) in [5, 5.41) is 2.31. The highest BCUT2D eigenvalue weighted by Gasteiger charge is 2.05. The largest absolute Gasteiger partial charge is 0.312 e. The summed E-state index contributed by atoms with van der Waals surface area (Å²) in [6.07, 6.45) is 5.48. The van der Waals surface area contributed by atoms with Crippen LogP contribution < -0.4 is 4.43 Å². The predicted octanol–water partition coefficient (Wildman–Crippen LogP) is 2.32. The summed E-state index contributed by atoms with van der Waals surface area (Å²) in [4.78, 5) is 11.5. The van der Waals surface area contributed by atoms with Crippen LogP contribution in [0.3, 0.4) is 0 Å². The molecular formula is C13H11N2O+. The van der Waals surface area contributed by atoms with E-state index in [2.05, 4.69) is 6.07 Å². The molecular weight excluding hydrogens is 200 g/mol. The SMILES string of the molecule is Cc1cn2cc3ccccc3cc2c[n+]1=O. The fourth-order valence-corrected chi connectivity index (χ4v) is 1.91. The monoisotopic (exact) mass is 211 g/mol. The molecule has 0 spiro atoms. The fourth-order valence-electron chi connectivity index (χ4n) is 1.91. The highest BCUT2D eigenvalue weighted by Crippen LogP contribution is 2.15. The number of aryl methyl sites for hydroxylation is 1. The molecule has 0 atom stereocenters. The number of fused-ring (bicyclic) bond motifs is 2. The Morgan fingerprint density at radius 3 is 2.69 bits per heavy atom. The van der Waals surface area contributed by atoms with E-state index in [4.69, 9.17) is 0 Å². The Bertz CT molecular complexity index is 744. The van der Waals surface area contributed by atoms with E-state index < -0.39 is 0 Å². The zero-order valence-corrected chi connectivity index (χ0v) is 8.92. The lowest BCUT2D eigenvalue weighted by Gasteiger charge is -2.01. The lowest BCUT2D eigenvalue weighted by atomic mass is 10.1. The van der Waals surface area contributed by atoms with Crippen molar-refractivity contribution in [1.82, 2.24) is 4.40 Å². The molecule has 0 radical (unpaired) electrons. The van der Waals surface area contributed by atoms with Gasteiger partial charge in [0.15, 0.2) is 0 Å². The quantitative estimate of drug-likeness (QED) is 0.414. The first kappa shape index (κ1) is 9.09. The van der Waals surface area contributed by atoms with Crippen LogP contribution in [0.4, 0.5) is 0 Å². The number of hydrogen-bond donors (Lipinski definition) is 0. The second kappa shape index (κ2) is 3.17. The Kier molecular flexibility index (Phi) is 1.80. The van der Waals surface area contributed by atoms with Gasteiger partial charge in [-0.1, -0.05) is 24.3 Å². The number of pyridine rings is 1. The van der Waals surface area contributed by atoms with E-state index in [1.807, 2.05) is 41.1 Å². The van der Waals surface area contributed by atoms with Crippen LogP contribution in [0.15, 0.2) is 48.9 Å². The average Bonchev–Trinajstić information content (AvgIpc) is 2.28. The highest BCUT2D eigenvalue weighted by molar-refractivity contribution is 5.85. The zero-order chi connectivity index (χ0) is 11.1. The molecule has 0 fully saturated rings. The molecule has 0 bridgehead atoms. The molecule has 0 unspecified atom stereocenters. The van der Waals surface area contributed by atoms with Crippen molar-refractivity contribution in [2.24, 2.45) is 0 Å². The summed E-state index contributed by atoms with van der Waals surface area (Å²) in [5.41, 5.74) is 1.59. The Morgan fingerprint density at radius 1 is 1.12 bits per heavy atom. The van der Waals surface area contributed by atoms with E-state index in [1.54, 1.807) is 13.1 Å². The van der Waals surface area contributed by atoms with Gasteiger partial charge in [-0.2, -0.15) is 0 Å². The van der Waals surface area contributed by atoms with Gasteiger partial charge < -0.3 is 4.40 Å². The molecule has 0 saturated heterocycles. The summed E-state index contributed by atoms with van der Waals surface area (Å²) in [6, 6.07) is 10.1. The first-order valence-corrected chi connectivity index (χ1v) is 5.18. The van der Waals surface area contributed by atoms with E-state index >= 15 is 0 Å². The molecule has 0 saturated carbocycles. The summed E-state index contributed by atoms with van der Waals surface area (Å²) in [5.74, 6) is 0. The molecule has 0 N–H and O–H groups in total. The van der Waals surface area contributed by atoms with E-state index in [-0.39, 0.29) is 0 Å². The molecule has 3 aromatic rings. The molecule has 3 nitrogen and oxygen atoms in total. The van der Waals surface area contributed by atoms with Crippen molar-refractivity contribution >= 4 is 16.3 Å². The summed E-state index contributed by atoms with van der Waals surface area (Å²) < 4.78 is 2.87. The number of aromatic nitrogens is 2. The average molecular weight is 211 g/mol. The summed E-state index contributed by atoms with van der Waals surface area (Å²) in [7, 11) is 0. The molecule has 0 aliphatic heterocycles. The van der Waals surface area contributed by atoms with Crippen molar-refractivity contribution in [3.05, 3.63) is 59.5 Å². The maximum Gasteiger partial charge on any atom is 0.253 e. The van der Waals surface area contributed by atoms with Gasteiger partial charge in [-0.3, -0.25) is 0 Å². The lowest BCUT2D eigenvalue weighted by molar-refractivity contribution is -0.501. The fraction of sp³-hybridized carbons (Fsp3) is 0.0769. The van der Waals surface area contributed by atoms with Gasteiger partial charge in [-0.15, -0.1) is 0 Å². The maximum absolute atomic E-state index is 11.5. The molecule has 0 amide bonds. The van der Waals surface area contributed by atoms with Gasteiger partial charge in [-0.25, -0.2) is 0 Å². The molecule has 1 aromatic carbocycles. The van der Waals surface area contributed by atoms with Crippen LogP contribution in [0, 0.1) is 11.8 Å². The van der Waals surface area contributed by atoms with Crippen LogP contribution in [0.25, 0.3) is 16.3 Å². The second-order valence-electron chi connectivity index (χ2n) is 3.96. The maximum atomic E-state index is 11.5. The van der Waals surface area contributed by atoms with Gasteiger partial charge >= 0.3 is 0 Å². The number of nitrogens with zero attached hydrogens (tertiary/aromatic N) is 2. The molecule has 0 aliphatic carbocycles. The van der Waals surface area contributed by atoms with Gasteiger partial charge in [0, 0.05) is 18.0 Å². The van der Waals surface area contributed by atoms with Crippen LogP contribution in [-0.2, 0) is 0 Å². The third kappa shape index (κ3) is 1.29. The normalized spacial score (nSPS) is 11.1. The molecule has 3 rings (SSSR count). The van der Waals surface area contributed by atoms with E-state index in [9.17, 15) is 4.91 Å². The predicted molar refractivity (Wildman–Crippen MR) is 63.0 cm³/mol. The third-order valence-corrected chi connectivity index (χ3v) is 2.80. The van der Waals surface area contributed by atoms with Crippen LogP contribution in [0.1, 0.15) is 5.69 Å². The summed E-state index contributed by atoms with van der Waals surface area (Å²) >= 11 is 0. The Balaban J connectivity index is 2.51. The molecule has 3 heteroatoms. The van der Waals surface area contributed by atoms with Crippen molar-refractivity contribution < 1.29 is 4.43 Å². The molecule has 2 aromatic heterocycles. The zero-order valence-electron chi connectivity index (χ0n) is 8.92. The van der Waals surface area contributed by atoms with Crippen molar-refractivity contribution in [2.75, 3.05) is 0 Å². The van der Waals surface area contributed by atoms with E-state index in [1.165, 1.54) is 5.39 Å². The minimum atomic E-state index is 0.688. The van der Waals surface area contributed by atoms with E-state index in [0.29, 0.717) is 5.69 Å². The van der Waals surface area contributed by atoms with Crippen molar-refractivity contribution in [1.29, 1.82) is 0 Å². The van der Waals surface area contributed by atoms with Gasteiger partial charge in [-0.05, 0) is 16.8 Å².